The number of nitrogens with one attached hydrogen (secondary N) is 2. The molecule has 0 spiro atoms. The Morgan fingerprint density at radius 2 is 1.94 bits per heavy atom. The minimum atomic E-state index is -0.985. The molecule has 0 radical (unpaired) electrons. The van der Waals surface area contributed by atoms with Crippen molar-refractivity contribution < 1.29 is 24.5 Å². The highest BCUT2D eigenvalue weighted by atomic mass is 79.9. The van der Waals surface area contributed by atoms with Gasteiger partial charge in [-0.3, -0.25) is 9.59 Å². The normalized spacial score (nSPS) is 18.8. The Morgan fingerprint density at radius 1 is 1.25 bits per heavy atom. The molecule has 1 aliphatic carbocycles. The van der Waals surface area contributed by atoms with Crippen LogP contribution in [0, 0.1) is 11.8 Å². The predicted molar refractivity (Wildman–Crippen MR) is 143 cm³/mol. The summed E-state index contributed by atoms with van der Waals surface area (Å²) in [5.41, 5.74) is 0.177. The molecule has 1 saturated carbocycles. The van der Waals surface area contributed by atoms with Crippen molar-refractivity contribution in [1.29, 1.82) is 0 Å². The van der Waals surface area contributed by atoms with Gasteiger partial charge in [0.25, 0.3) is 5.91 Å². The van der Waals surface area contributed by atoms with E-state index in [1.807, 2.05) is 18.2 Å². The fourth-order valence-electron chi connectivity index (χ4n) is 4.50. The fourth-order valence-corrected chi connectivity index (χ4v) is 5.10. The van der Waals surface area contributed by atoms with E-state index >= 15 is 0 Å². The summed E-state index contributed by atoms with van der Waals surface area (Å²) in [5, 5.41) is 26.2. The minimum absolute atomic E-state index is 0.261. The number of carboxylic acid groups (broad SMARTS) is 1. The second kappa shape index (κ2) is 12.3. The summed E-state index contributed by atoms with van der Waals surface area (Å²) < 4.78 is 6.40. The summed E-state index contributed by atoms with van der Waals surface area (Å²) in [6.07, 6.45) is 4.65. The number of pyridine rings is 1. The van der Waals surface area contributed by atoms with Gasteiger partial charge < -0.3 is 25.6 Å². The van der Waals surface area contributed by atoms with E-state index < -0.39 is 11.6 Å². The van der Waals surface area contributed by atoms with E-state index in [2.05, 4.69) is 31.5 Å². The highest BCUT2D eigenvalue weighted by Crippen LogP contribution is 2.36. The Balaban J connectivity index is 1.69. The minimum Gasteiger partial charge on any atom is -0.496 e. The summed E-state index contributed by atoms with van der Waals surface area (Å²) in [7, 11) is 1.59. The number of aliphatic hydroxyl groups is 1. The molecule has 36 heavy (non-hydrogen) atoms. The zero-order valence-corrected chi connectivity index (χ0v) is 23.0. The second-order valence-corrected chi connectivity index (χ2v) is 11.2. The maximum Gasteiger partial charge on any atom is 0.306 e. The second-order valence-electron chi connectivity index (χ2n) is 9.92. The summed E-state index contributed by atoms with van der Waals surface area (Å²) in [6, 6.07) is 6.83. The zero-order valence-electron chi connectivity index (χ0n) is 20.7. The number of carboxylic acids is 1. The molecule has 1 aliphatic rings. The molecule has 8 nitrogen and oxygen atoms in total. The van der Waals surface area contributed by atoms with E-state index in [0.29, 0.717) is 42.9 Å². The average Bonchev–Trinajstić information content (AvgIpc) is 2.82. The van der Waals surface area contributed by atoms with E-state index in [1.54, 1.807) is 27.0 Å². The predicted octanol–water partition coefficient (Wildman–Crippen LogP) is 5.44. The van der Waals surface area contributed by atoms with Crippen molar-refractivity contribution in [2.24, 2.45) is 11.8 Å². The highest BCUT2D eigenvalue weighted by Gasteiger charge is 2.27. The third-order valence-corrected chi connectivity index (χ3v) is 7.21. The van der Waals surface area contributed by atoms with Gasteiger partial charge in [0, 0.05) is 29.2 Å². The Morgan fingerprint density at radius 3 is 2.53 bits per heavy atom. The Labute approximate surface area is 224 Å². The molecule has 1 aromatic heterocycles. The number of benzene rings is 1. The van der Waals surface area contributed by atoms with E-state index in [-0.39, 0.29) is 28.8 Å². The van der Waals surface area contributed by atoms with Crippen LogP contribution in [0.15, 0.2) is 34.9 Å². The zero-order chi connectivity index (χ0) is 26.5. The molecule has 1 unspecified atom stereocenters. The Kier molecular flexibility index (Phi) is 9.60. The number of hydrogen-bond donors (Lipinski definition) is 4. The van der Waals surface area contributed by atoms with Crippen molar-refractivity contribution in [3.05, 3.63) is 51.1 Å². The largest absolute Gasteiger partial charge is 0.496 e. The van der Waals surface area contributed by atoms with Crippen molar-refractivity contribution in [3.8, 4) is 5.75 Å². The number of rotatable bonds is 10. The number of anilines is 1. The van der Waals surface area contributed by atoms with E-state index in [0.717, 1.165) is 22.9 Å². The number of carbonyl (C=O) groups is 2. The van der Waals surface area contributed by atoms with Crippen LogP contribution in [0.25, 0.3) is 0 Å². The van der Waals surface area contributed by atoms with Crippen LogP contribution in [0.2, 0.25) is 5.02 Å². The summed E-state index contributed by atoms with van der Waals surface area (Å²) in [5.74, 6) is 0.00267. The van der Waals surface area contributed by atoms with Crippen molar-refractivity contribution in [2.45, 2.75) is 57.6 Å². The van der Waals surface area contributed by atoms with Crippen molar-refractivity contribution >= 4 is 45.2 Å². The molecule has 1 atom stereocenters. The topological polar surface area (TPSA) is 121 Å². The first-order chi connectivity index (χ1) is 17.0. The quantitative estimate of drug-likeness (QED) is 0.294. The molecule has 0 saturated heterocycles. The summed E-state index contributed by atoms with van der Waals surface area (Å²) in [6.45, 7) is 3.94. The van der Waals surface area contributed by atoms with Gasteiger partial charge in [-0.1, -0.05) is 27.5 Å². The first-order valence-corrected chi connectivity index (χ1v) is 13.1. The summed E-state index contributed by atoms with van der Waals surface area (Å²) in [4.78, 5) is 28.2. The molecule has 0 bridgehead atoms. The first-order valence-electron chi connectivity index (χ1n) is 12.0. The fraction of sp³-hybridized carbons (Fsp3) is 0.500. The van der Waals surface area contributed by atoms with Crippen LogP contribution in [0.5, 0.6) is 5.75 Å². The number of methoxy groups -OCH3 is 1. The maximum atomic E-state index is 12.7. The van der Waals surface area contributed by atoms with Crippen molar-refractivity contribution in [3.63, 3.8) is 0 Å². The molecule has 10 heteroatoms. The number of carbonyl (C=O) groups excluding carboxylic acids is 1. The molecular formula is C26H33BrClN3O5. The summed E-state index contributed by atoms with van der Waals surface area (Å²) >= 11 is 10.0. The number of aliphatic carboxylic acids is 1. The molecular weight excluding hydrogens is 550 g/mol. The molecule has 2 aromatic rings. The molecule has 1 heterocycles. The number of aromatic nitrogens is 1. The number of nitrogens with zero attached hydrogens (tertiary/aromatic N) is 1. The van der Waals surface area contributed by atoms with Gasteiger partial charge in [0.1, 0.15) is 11.6 Å². The third-order valence-electron chi connectivity index (χ3n) is 6.43. The van der Waals surface area contributed by atoms with Crippen molar-refractivity contribution in [1.82, 2.24) is 10.3 Å². The van der Waals surface area contributed by atoms with Crippen LogP contribution in [0.3, 0.4) is 0 Å². The number of halogens is 2. The average molecular weight is 583 g/mol. The number of hydrogen-bond acceptors (Lipinski definition) is 6. The van der Waals surface area contributed by atoms with Gasteiger partial charge in [-0.2, -0.15) is 0 Å². The lowest BCUT2D eigenvalue weighted by molar-refractivity contribution is -0.143. The maximum absolute atomic E-state index is 12.7. The Hall–Kier alpha value is -2.36. The van der Waals surface area contributed by atoms with Gasteiger partial charge in [-0.25, -0.2) is 4.98 Å². The Bertz CT molecular complexity index is 1080. The highest BCUT2D eigenvalue weighted by molar-refractivity contribution is 9.10. The molecule has 3 rings (SSSR count). The van der Waals surface area contributed by atoms with Crippen LogP contribution >= 0.6 is 27.5 Å². The smallest absolute Gasteiger partial charge is 0.306 e. The molecule has 4 N–H and O–H groups in total. The third kappa shape index (κ3) is 7.82. The van der Waals surface area contributed by atoms with E-state index in [9.17, 15) is 14.7 Å². The number of ether oxygens (including phenoxy) is 1. The SMILES string of the molecule is COc1ccc(Br)cc1C(CC(C)(C)O)Nc1ncc(C(=O)NCC2CCC(C(=O)O)CC2)cc1Cl. The molecule has 0 aliphatic heterocycles. The lowest BCUT2D eigenvalue weighted by Crippen LogP contribution is -2.32. The lowest BCUT2D eigenvalue weighted by Gasteiger charge is -2.28. The van der Waals surface area contributed by atoms with Crippen LogP contribution in [-0.4, -0.2) is 46.3 Å². The van der Waals surface area contributed by atoms with Gasteiger partial charge >= 0.3 is 5.97 Å². The lowest BCUT2D eigenvalue weighted by atomic mass is 9.82. The van der Waals surface area contributed by atoms with Crippen LogP contribution in [-0.2, 0) is 4.79 Å². The number of amides is 1. The van der Waals surface area contributed by atoms with Crippen LogP contribution in [0.4, 0.5) is 5.82 Å². The first kappa shape index (κ1) is 28.2. The van der Waals surface area contributed by atoms with Gasteiger partial charge in [-0.05, 0) is 69.7 Å². The van der Waals surface area contributed by atoms with Gasteiger partial charge in [-0.15, -0.1) is 0 Å². The van der Waals surface area contributed by atoms with Crippen LogP contribution < -0.4 is 15.4 Å². The van der Waals surface area contributed by atoms with Crippen molar-refractivity contribution in [2.75, 3.05) is 19.0 Å². The molecule has 196 valence electrons. The van der Waals surface area contributed by atoms with Gasteiger partial charge in [0.05, 0.1) is 35.3 Å². The molecule has 1 amide bonds. The molecule has 1 aromatic carbocycles. The van der Waals surface area contributed by atoms with Crippen LogP contribution in [0.1, 0.15) is 67.9 Å². The van der Waals surface area contributed by atoms with Gasteiger partial charge in [0.2, 0.25) is 0 Å². The standard InChI is InChI=1S/C26H33BrClN3O5/c1-26(2,35)12-21(19-11-18(27)8-9-22(19)36-3)31-23-20(28)10-17(14-29-23)24(32)30-13-15-4-6-16(7-5-15)25(33)34/h8-11,14-16,21,35H,4-7,12-13H2,1-3H3,(H,29,31)(H,30,32)(H,33,34). The van der Waals surface area contributed by atoms with E-state index in [1.165, 1.54) is 6.20 Å². The van der Waals surface area contributed by atoms with Gasteiger partial charge in [0.15, 0.2) is 0 Å². The molecule has 1 fully saturated rings. The van der Waals surface area contributed by atoms with E-state index in [4.69, 9.17) is 21.4 Å². The monoisotopic (exact) mass is 581 g/mol.